The Hall–Kier alpha value is 0.570. The van der Waals surface area contributed by atoms with Crippen LogP contribution >= 0.6 is 25.0 Å². The molecule has 1 rings (SSSR count). The molecule has 0 spiro atoms. The Morgan fingerprint density at radius 1 is 0.783 bits per heavy atom. The highest BCUT2D eigenvalue weighted by atomic mass is 35.5. The highest BCUT2D eigenvalue weighted by Gasteiger charge is 1.92. The van der Waals surface area contributed by atoms with Gasteiger partial charge in [0.25, 0.3) is 0 Å². The van der Waals surface area contributed by atoms with E-state index in [4.69, 9.17) is 41.0 Å². The molecular weight excluding hydrogens is 402 g/mol. The molecule has 6 nitrogen and oxygen atoms in total. The first-order chi connectivity index (χ1) is 10.1. The maximum absolute atomic E-state index is 7.56. The fraction of sp³-hybridized carbons (Fsp3) is 0.500. The Morgan fingerprint density at radius 3 is 1.04 bits per heavy atom. The van der Waals surface area contributed by atoms with E-state index in [0.29, 0.717) is 0 Å². The first-order valence-electron chi connectivity index (χ1n) is 6.40. The summed E-state index contributed by atoms with van der Waals surface area (Å²) in [5.41, 5.74) is 0. The molecule has 0 aliphatic rings. The maximum atomic E-state index is 7.56. The van der Waals surface area contributed by atoms with Crippen molar-refractivity contribution in [3.63, 3.8) is 0 Å². The minimum atomic E-state index is -3.81. The highest BCUT2D eigenvalue weighted by Crippen LogP contribution is 2.26. The topological polar surface area (TPSA) is 121 Å². The summed E-state index contributed by atoms with van der Waals surface area (Å²) in [7, 11) is 0. The summed E-state index contributed by atoms with van der Waals surface area (Å²) in [5, 5.41) is 0.794. The van der Waals surface area contributed by atoms with Crippen LogP contribution in [0.15, 0.2) is 30.3 Å². The molecule has 0 aliphatic heterocycles. The third-order valence-corrected chi connectivity index (χ3v) is 0.985. The molecule has 0 amide bonds. The third kappa shape index (κ3) is 130. The van der Waals surface area contributed by atoms with Gasteiger partial charge in [-0.05, 0) is 41.7 Å². The molecule has 11 heteroatoms. The van der Waals surface area contributed by atoms with Crippen molar-refractivity contribution in [3.05, 3.63) is 35.4 Å². The maximum Gasteiger partial charge on any atom is 0.319 e. The monoisotopic (exact) mass is 428 g/mol. The van der Waals surface area contributed by atoms with Crippen molar-refractivity contribution in [3.8, 4) is 0 Å². The summed E-state index contributed by atoms with van der Waals surface area (Å²) >= 11 is 12.7. The standard InChI is InChI=1S/C6H5Cl.C4H10.C2H6.2H3O3PS/c7-6-4-2-1-3-5-6;1-4(2)3;1-2;2*1-4(2,3)5/h1-5H;4H,1-3H3;1-2H3;2*(H3,1,2,3,5). The van der Waals surface area contributed by atoms with E-state index >= 15 is 0 Å². The quantitative estimate of drug-likeness (QED) is 0.348. The SMILES string of the molecule is CC.CC(C)C.Clc1ccccc1.OP(O)(O)=S.OP(O)(O)=S. The van der Waals surface area contributed by atoms with Crippen molar-refractivity contribution in [1.29, 1.82) is 0 Å². The molecule has 0 bridgehead atoms. The smallest absolute Gasteiger partial charge is 0.319 e. The average Bonchev–Trinajstić information content (AvgIpc) is 2.27. The van der Waals surface area contributed by atoms with Gasteiger partial charge < -0.3 is 29.4 Å². The second kappa shape index (κ2) is 18.9. The van der Waals surface area contributed by atoms with Crippen molar-refractivity contribution >= 4 is 48.7 Å². The molecule has 0 unspecified atom stereocenters. The zero-order valence-corrected chi connectivity index (χ0v) is 17.9. The van der Waals surface area contributed by atoms with Gasteiger partial charge >= 0.3 is 13.4 Å². The molecule has 23 heavy (non-hydrogen) atoms. The molecule has 1 aromatic carbocycles. The van der Waals surface area contributed by atoms with Crippen LogP contribution in [-0.4, -0.2) is 29.4 Å². The number of hydrogen-bond acceptors (Lipinski definition) is 2. The lowest BCUT2D eigenvalue weighted by molar-refractivity contribution is 0.361. The van der Waals surface area contributed by atoms with E-state index in [0.717, 1.165) is 10.9 Å². The van der Waals surface area contributed by atoms with Gasteiger partial charge in [0.05, 0.1) is 0 Å². The van der Waals surface area contributed by atoms with E-state index in [1.807, 2.05) is 44.2 Å². The minimum Gasteiger partial charge on any atom is -0.325 e. The summed E-state index contributed by atoms with van der Waals surface area (Å²) < 4.78 is 0. The van der Waals surface area contributed by atoms with Gasteiger partial charge in [-0.1, -0.05) is 64.4 Å². The number of benzene rings is 1. The Balaban J connectivity index is -0.000000103. The molecule has 0 fully saturated rings. The molecule has 0 radical (unpaired) electrons. The van der Waals surface area contributed by atoms with Gasteiger partial charge in [0.2, 0.25) is 0 Å². The van der Waals surface area contributed by atoms with Crippen LogP contribution in [0.5, 0.6) is 0 Å². The molecule has 0 saturated carbocycles. The second-order valence-electron chi connectivity index (χ2n) is 4.05. The molecule has 0 aromatic heterocycles. The fourth-order valence-electron chi connectivity index (χ4n) is 0.415. The van der Waals surface area contributed by atoms with E-state index in [9.17, 15) is 0 Å². The zero-order valence-electron chi connectivity index (χ0n) is 13.7. The molecule has 6 N–H and O–H groups in total. The van der Waals surface area contributed by atoms with Gasteiger partial charge in [0.1, 0.15) is 0 Å². The van der Waals surface area contributed by atoms with Crippen LogP contribution in [0.2, 0.25) is 5.02 Å². The summed E-state index contributed by atoms with van der Waals surface area (Å²) in [6.07, 6.45) is 0. The number of hydrogen-bond donors (Lipinski definition) is 6. The van der Waals surface area contributed by atoms with Gasteiger partial charge in [0.15, 0.2) is 0 Å². The minimum absolute atomic E-state index is 0.794. The Kier molecular flexibility index (Phi) is 25.8. The second-order valence-corrected chi connectivity index (χ2v) is 9.48. The van der Waals surface area contributed by atoms with Crippen molar-refractivity contribution in [1.82, 2.24) is 0 Å². The van der Waals surface area contributed by atoms with Crippen LogP contribution in [0.3, 0.4) is 0 Å². The van der Waals surface area contributed by atoms with Crippen molar-refractivity contribution in [2.45, 2.75) is 34.6 Å². The van der Waals surface area contributed by atoms with Crippen LogP contribution in [0, 0.1) is 5.92 Å². The van der Waals surface area contributed by atoms with E-state index in [2.05, 4.69) is 44.4 Å². The Labute approximate surface area is 153 Å². The Morgan fingerprint density at radius 2 is 0.957 bits per heavy atom. The fourth-order valence-corrected chi connectivity index (χ4v) is 0.560. The largest absolute Gasteiger partial charge is 0.325 e. The van der Waals surface area contributed by atoms with Crippen LogP contribution in [0.4, 0.5) is 0 Å². The molecule has 140 valence electrons. The first kappa shape index (κ1) is 31.4. The first-order valence-corrected chi connectivity index (χ1v) is 12.1. The van der Waals surface area contributed by atoms with Crippen LogP contribution < -0.4 is 0 Å². The van der Waals surface area contributed by atoms with Crippen molar-refractivity contribution < 1.29 is 29.4 Å². The number of rotatable bonds is 0. The Bertz CT molecular complexity index is 397. The molecular formula is C12H27ClO6P2S2. The van der Waals surface area contributed by atoms with Gasteiger partial charge in [0, 0.05) is 5.02 Å². The molecule has 0 atom stereocenters. The normalized spacial score (nSPS) is 9.61. The van der Waals surface area contributed by atoms with Gasteiger partial charge in [-0.15, -0.1) is 0 Å². The van der Waals surface area contributed by atoms with E-state index in [1.165, 1.54) is 0 Å². The highest BCUT2D eigenvalue weighted by molar-refractivity contribution is 8.06. The predicted octanol–water partition coefficient (Wildman–Crippen LogP) is 3.40. The molecule has 1 aromatic rings. The molecule has 0 heterocycles. The zero-order chi connectivity index (χ0) is 19.7. The van der Waals surface area contributed by atoms with Crippen molar-refractivity contribution in [2.24, 2.45) is 5.92 Å². The van der Waals surface area contributed by atoms with Gasteiger partial charge in [-0.3, -0.25) is 0 Å². The van der Waals surface area contributed by atoms with Crippen LogP contribution in [0.1, 0.15) is 34.6 Å². The summed E-state index contributed by atoms with van der Waals surface area (Å²) in [5.74, 6) is 0.833. The average molecular weight is 429 g/mol. The van der Waals surface area contributed by atoms with E-state index in [1.54, 1.807) is 0 Å². The predicted molar refractivity (Wildman–Crippen MR) is 105 cm³/mol. The summed E-state index contributed by atoms with van der Waals surface area (Å²) in [6.45, 7) is 2.89. The van der Waals surface area contributed by atoms with E-state index in [-0.39, 0.29) is 0 Å². The molecule has 0 saturated heterocycles. The van der Waals surface area contributed by atoms with E-state index < -0.39 is 13.4 Å². The van der Waals surface area contributed by atoms with Crippen LogP contribution in [0.25, 0.3) is 0 Å². The lowest BCUT2D eigenvalue weighted by Gasteiger charge is -1.88. The van der Waals surface area contributed by atoms with Gasteiger partial charge in [-0.2, -0.15) is 0 Å². The van der Waals surface area contributed by atoms with Crippen LogP contribution in [-0.2, 0) is 23.6 Å². The van der Waals surface area contributed by atoms with Gasteiger partial charge in [-0.25, -0.2) is 0 Å². The summed E-state index contributed by atoms with van der Waals surface area (Å²) in [6, 6.07) is 9.44. The third-order valence-electron chi connectivity index (χ3n) is 0.733. The lowest BCUT2D eigenvalue weighted by atomic mass is 10.3. The molecule has 0 aliphatic carbocycles. The lowest BCUT2D eigenvalue weighted by Crippen LogP contribution is -1.66. The number of halogens is 1. The van der Waals surface area contributed by atoms with Crippen molar-refractivity contribution in [2.75, 3.05) is 0 Å². The summed E-state index contributed by atoms with van der Waals surface area (Å²) in [4.78, 5) is 45.3.